The molecule has 0 bridgehead atoms. The van der Waals surface area contributed by atoms with Gasteiger partial charge in [-0.1, -0.05) is 18.2 Å². The molecule has 2 aromatic carbocycles. The van der Waals surface area contributed by atoms with Crippen molar-refractivity contribution in [3.05, 3.63) is 59.2 Å². The van der Waals surface area contributed by atoms with Crippen molar-refractivity contribution in [3.63, 3.8) is 0 Å². The minimum Gasteiger partial charge on any atom is -0.398 e. The lowest BCUT2D eigenvalue weighted by atomic mass is 10.1. The third kappa shape index (κ3) is 2.69. The normalized spacial score (nSPS) is 10.1. The Morgan fingerprint density at radius 3 is 2.44 bits per heavy atom. The number of benzene rings is 2. The highest BCUT2D eigenvalue weighted by Gasteiger charge is 2.09. The predicted octanol–water partition coefficient (Wildman–Crippen LogP) is 3.14. The van der Waals surface area contributed by atoms with Crippen LogP contribution in [0.25, 0.3) is 0 Å². The molecule has 0 aromatic heterocycles. The molecule has 0 heterocycles. The van der Waals surface area contributed by atoms with Crippen LogP contribution in [0.3, 0.4) is 0 Å². The molecule has 0 fully saturated rings. The van der Waals surface area contributed by atoms with Crippen LogP contribution in [0.4, 0.5) is 11.4 Å². The first-order chi connectivity index (χ1) is 8.56. The highest BCUT2D eigenvalue weighted by molar-refractivity contribution is 6.07. The van der Waals surface area contributed by atoms with Crippen LogP contribution in [0.2, 0.25) is 0 Å². The maximum atomic E-state index is 12.1. The van der Waals surface area contributed by atoms with Crippen LogP contribution in [0.15, 0.2) is 42.5 Å². The van der Waals surface area contributed by atoms with Gasteiger partial charge in [0, 0.05) is 11.4 Å². The molecule has 1 amide bonds. The summed E-state index contributed by atoms with van der Waals surface area (Å²) in [6.07, 6.45) is 0. The Labute approximate surface area is 107 Å². The molecule has 0 saturated heterocycles. The van der Waals surface area contributed by atoms with Crippen LogP contribution in [-0.4, -0.2) is 5.91 Å². The molecule has 92 valence electrons. The summed E-state index contributed by atoms with van der Waals surface area (Å²) in [5.41, 5.74) is 9.77. The van der Waals surface area contributed by atoms with E-state index in [9.17, 15) is 4.79 Å². The van der Waals surface area contributed by atoms with Gasteiger partial charge in [-0.05, 0) is 49.2 Å². The first kappa shape index (κ1) is 12.2. The van der Waals surface area contributed by atoms with Crippen LogP contribution < -0.4 is 11.1 Å². The Morgan fingerprint density at radius 1 is 1.06 bits per heavy atom. The molecular weight excluding hydrogens is 224 g/mol. The van der Waals surface area contributed by atoms with E-state index in [1.165, 1.54) is 0 Å². The van der Waals surface area contributed by atoms with Crippen molar-refractivity contribution in [2.45, 2.75) is 13.8 Å². The second-order valence-corrected chi connectivity index (χ2v) is 4.41. The fourth-order valence-electron chi connectivity index (χ4n) is 1.81. The summed E-state index contributed by atoms with van der Waals surface area (Å²) >= 11 is 0. The van der Waals surface area contributed by atoms with E-state index in [1.807, 2.05) is 44.2 Å². The molecule has 18 heavy (non-hydrogen) atoms. The Kier molecular flexibility index (Phi) is 3.33. The summed E-state index contributed by atoms with van der Waals surface area (Å²) in [5.74, 6) is -0.182. The maximum absolute atomic E-state index is 12.1. The van der Waals surface area contributed by atoms with Crippen molar-refractivity contribution in [1.29, 1.82) is 0 Å². The van der Waals surface area contributed by atoms with Gasteiger partial charge in [-0.3, -0.25) is 4.79 Å². The number of nitrogens with one attached hydrogen (secondary N) is 1. The van der Waals surface area contributed by atoms with Gasteiger partial charge in [0.1, 0.15) is 0 Å². The Morgan fingerprint density at radius 2 is 1.78 bits per heavy atom. The highest BCUT2D eigenvalue weighted by atomic mass is 16.1. The number of carbonyl (C=O) groups excluding carboxylic acids is 1. The van der Waals surface area contributed by atoms with Crippen LogP contribution in [-0.2, 0) is 0 Å². The zero-order chi connectivity index (χ0) is 13.1. The number of nitrogen functional groups attached to an aromatic ring is 1. The van der Waals surface area contributed by atoms with Gasteiger partial charge in [0.15, 0.2) is 0 Å². The van der Waals surface area contributed by atoms with Crippen LogP contribution in [0.1, 0.15) is 21.5 Å². The molecule has 0 atom stereocenters. The van der Waals surface area contributed by atoms with Crippen molar-refractivity contribution in [1.82, 2.24) is 0 Å². The first-order valence-corrected chi connectivity index (χ1v) is 5.80. The van der Waals surface area contributed by atoms with Gasteiger partial charge >= 0.3 is 0 Å². The van der Waals surface area contributed by atoms with E-state index in [4.69, 9.17) is 5.73 Å². The lowest BCUT2D eigenvalue weighted by Crippen LogP contribution is -2.14. The Hall–Kier alpha value is -2.29. The number of aryl methyl sites for hydroxylation is 2. The molecule has 0 saturated carbocycles. The molecule has 3 nitrogen and oxygen atoms in total. The molecule has 0 unspecified atom stereocenters. The molecule has 2 rings (SSSR count). The van der Waals surface area contributed by atoms with Crippen molar-refractivity contribution in [3.8, 4) is 0 Å². The van der Waals surface area contributed by atoms with E-state index in [0.717, 1.165) is 16.8 Å². The summed E-state index contributed by atoms with van der Waals surface area (Å²) in [6.45, 7) is 3.93. The van der Waals surface area contributed by atoms with E-state index in [2.05, 4.69) is 5.32 Å². The zero-order valence-corrected chi connectivity index (χ0v) is 10.5. The van der Waals surface area contributed by atoms with Crippen molar-refractivity contribution >= 4 is 17.3 Å². The fourth-order valence-corrected chi connectivity index (χ4v) is 1.81. The SMILES string of the molecule is Cc1cccc(NC(=O)c2ccc(C)cc2N)c1. The van der Waals surface area contributed by atoms with Gasteiger partial charge in [0.25, 0.3) is 5.91 Å². The molecule has 0 aliphatic carbocycles. The van der Waals surface area contributed by atoms with E-state index in [0.29, 0.717) is 11.3 Å². The summed E-state index contributed by atoms with van der Waals surface area (Å²) in [6, 6.07) is 13.1. The molecule has 0 radical (unpaired) electrons. The van der Waals surface area contributed by atoms with Gasteiger partial charge in [-0.2, -0.15) is 0 Å². The van der Waals surface area contributed by atoms with Crippen molar-refractivity contribution < 1.29 is 4.79 Å². The summed E-state index contributed by atoms with van der Waals surface area (Å²) in [7, 11) is 0. The average Bonchev–Trinajstić information content (AvgIpc) is 2.28. The van der Waals surface area contributed by atoms with Crippen molar-refractivity contribution in [2.24, 2.45) is 0 Å². The predicted molar refractivity (Wildman–Crippen MR) is 74.7 cm³/mol. The van der Waals surface area contributed by atoms with Gasteiger partial charge in [-0.15, -0.1) is 0 Å². The monoisotopic (exact) mass is 240 g/mol. The number of hydrogen-bond donors (Lipinski definition) is 2. The summed E-state index contributed by atoms with van der Waals surface area (Å²) in [5, 5.41) is 2.84. The largest absolute Gasteiger partial charge is 0.398 e. The molecule has 2 aromatic rings. The van der Waals surface area contributed by atoms with Crippen LogP contribution >= 0.6 is 0 Å². The quantitative estimate of drug-likeness (QED) is 0.792. The molecular formula is C15H16N2O. The van der Waals surface area contributed by atoms with Gasteiger partial charge in [0.2, 0.25) is 0 Å². The van der Waals surface area contributed by atoms with Gasteiger partial charge < -0.3 is 11.1 Å². The van der Waals surface area contributed by atoms with E-state index < -0.39 is 0 Å². The molecule has 0 aliphatic rings. The topological polar surface area (TPSA) is 55.1 Å². The van der Waals surface area contributed by atoms with E-state index in [-0.39, 0.29) is 5.91 Å². The number of amides is 1. The number of hydrogen-bond acceptors (Lipinski definition) is 2. The number of nitrogens with two attached hydrogens (primary N) is 1. The molecule has 0 aliphatic heterocycles. The minimum absolute atomic E-state index is 0.182. The Balaban J connectivity index is 2.22. The average molecular weight is 240 g/mol. The number of rotatable bonds is 2. The molecule has 3 heteroatoms. The lowest BCUT2D eigenvalue weighted by molar-refractivity contribution is 0.102. The first-order valence-electron chi connectivity index (χ1n) is 5.80. The van der Waals surface area contributed by atoms with Gasteiger partial charge in [-0.25, -0.2) is 0 Å². The van der Waals surface area contributed by atoms with Crippen molar-refractivity contribution in [2.75, 3.05) is 11.1 Å². The number of carbonyl (C=O) groups is 1. The highest BCUT2D eigenvalue weighted by Crippen LogP contribution is 2.16. The maximum Gasteiger partial charge on any atom is 0.257 e. The van der Waals surface area contributed by atoms with E-state index in [1.54, 1.807) is 12.1 Å². The second kappa shape index (κ2) is 4.92. The zero-order valence-electron chi connectivity index (χ0n) is 10.5. The smallest absolute Gasteiger partial charge is 0.257 e. The minimum atomic E-state index is -0.182. The standard InChI is InChI=1S/C15H16N2O/c1-10-4-3-5-12(8-10)17-15(18)13-7-6-11(2)9-14(13)16/h3-9H,16H2,1-2H3,(H,17,18). The lowest BCUT2D eigenvalue weighted by Gasteiger charge is -2.08. The number of anilines is 2. The fraction of sp³-hybridized carbons (Fsp3) is 0.133. The molecule has 3 N–H and O–H groups in total. The summed E-state index contributed by atoms with van der Waals surface area (Å²) < 4.78 is 0. The van der Waals surface area contributed by atoms with Crippen LogP contribution in [0.5, 0.6) is 0 Å². The second-order valence-electron chi connectivity index (χ2n) is 4.41. The third-order valence-corrected chi connectivity index (χ3v) is 2.73. The molecule has 0 spiro atoms. The summed E-state index contributed by atoms with van der Waals surface area (Å²) in [4.78, 5) is 12.1. The van der Waals surface area contributed by atoms with Gasteiger partial charge in [0.05, 0.1) is 5.56 Å². The van der Waals surface area contributed by atoms with E-state index >= 15 is 0 Å². The Bertz CT molecular complexity index is 591. The van der Waals surface area contributed by atoms with Crippen LogP contribution in [0, 0.1) is 13.8 Å². The third-order valence-electron chi connectivity index (χ3n) is 2.73.